The molecule has 0 fully saturated rings. The van der Waals surface area contributed by atoms with Crippen molar-refractivity contribution < 1.29 is 0 Å². The lowest BCUT2D eigenvalue weighted by molar-refractivity contribution is 0.512. The number of hydrazine groups is 1. The van der Waals surface area contributed by atoms with Gasteiger partial charge in [-0.2, -0.15) is 5.10 Å². The minimum atomic E-state index is -0.134. The van der Waals surface area contributed by atoms with Crippen molar-refractivity contribution in [2.24, 2.45) is 12.9 Å². The van der Waals surface area contributed by atoms with Crippen molar-refractivity contribution in [3.63, 3.8) is 0 Å². The highest BCUT2D eigenvalue weighted by molar-refractivity contribution is 5.21. The highest BCUT2D eigenvalue weighted by Gasteiger charge is 2.18. The van der Waals surface area contributed by atoms with Crippen molar-refractivity contribution in [2.75, 3.05) is 0 Å². The molecule has 7 heteroatoms. The minimum Gasteiger partial charge on any atom is -0.275 e. The molecular formula is C10H17N7. The summed E-state index contributed by atoms with van der Waals surface area (Å²) in [4.78, 5) is 0. The molecule has 2 heterocycles. The van der Waals surface area contributed by atoms with Gasteiger partial charge in [0, 0.05) is 25.4 Å². The molecule has 0 aliphatic rings. The molecule has 7 nitrogen and oxygen atoms in total. The van der Waals surface area contributed by atoms with Gasteiger partial charge in [-0.1, -0.05) is 12.1 Å². The summed E-state index contributed by atoms with van der Waals surface area (Å²) in [7, 11) is 1.87. The van der Waals surface area contributed by atoms with E-state index in [0.29, 0.717) is 0 Å². The Morgan fingerprint density at radius 2 is 2.29 bits per heavy atom. The molecule has 92 valence electrons. The van der Waals surface area contributed by atoms with E-state index < -0.39 is 0 Å². The summed E-state index contributed by atoms with van der Waals surface area (Å²) in [6.07, 6.45) is 6.44. The molecule has 0 radical (unpaired) electrons. The maximum Gasteiger partial charge on any atom is 0.0924 e. The molecule has 0 amide bonds. The number of hydrogen-bond acceptors (Lipinski definition) is 5. The van der Waals surface area contributed by atoms with Crippen LogP contribution < -0.4 is 11.3 Å². The van der Waals surface area contributed by atoms with Crippen LogP contribution in [0.2, 0.25) is 0 Å². The van der Waals surface area contributed by atoms with Gasteiger partial charge in [-0.25, -0.2) is 10.1 Å². The second-order valence-corrected chi connectivity index (χ2v) is 3.93. The van der Waals surface area contributed by atoms with Crippen LogP contribution >= 0.6 is 0 Å². The summed E-state index contributed by atoms with van der Waals surface area (Å²) in [5.74, 6) is 5.61. The molecule has 2 aromatic rings. The van der Waals surface area contributed by atoms with E-state index in [1.165, 1.54) is 0 Å². The van der Waals surface area contributed by atoms with Crippen LogP contribution in [0.1, 0.15) is 30.6 Å². The zero-order chi connectivity index (χ0) is 12.3. The minimum absolute atomic E-state index is 0.134. The lowest BCUT2D eigenvalue weighted by Crippen LogP contribution is -2.30. The fraction of sp³-hybridized carbons (Fsp3) is 0.500. The van der Waals surface area contributed by atoms with Crippen LogP contribution in [0.5, 0.6) is 0 Å². The van der Waals surface area contributed by atoms with Crippen LogP contribution in [0, 0.1) is 0 Å². The van der Waals surface area contributed by atoms with Gasteiger partial charge < -0.3 is 0 Å². The van der Waals surface area contributed by atoms with Crippen LogP contribution in [-0.4, -0.2) is 24.8 Å². The third-order valence-electron chi connectivity index (χ3n) is 2.60. The Hall–Kier alpha value is -1.73. The van der Waals surface area contributed by atoms with Gasteiger partial charge in [-0.3, -0.25) is 10.5 Å². The number of nitrogens with one attached hydrogen (secondary N) is 1. The van der Waals surface area contributed by atoms with E-state index in [0.717, 1.165) is 24.2 Å². The van der Waals surface area contributed by atoms with Crippen molar-refractivity contribution in [1.29, 1.82) is 0 Å². The van der Waals surface area contributed by atoms with Gasteiger partial charge in [0.15, 0.2) is 0 Å². The molecule has 1 atom stereocenters. The number of rotatable bonds is 5. The Morgan fingerprint density at radius 1 is 1.47 bits per heavy atom. The lowest BCUT2D eigenvalue weighted by atomic mass is 10.1. The maximum atomic E-state index is 5.61. The molecule has 2 aromatic heterocycles. The van der Waals surface area contributed by atoms with Gasteiger partial charge in [0.25, 0.3) is 0 Å². The largest absolute Gasteiger partial charge is 0.275 e. The molecular weight excluding hydrogens is 218 g/mol. The van der Waals surface area contributed by atoms with E-state index in [4.69, 9.17) is 5.84 Å². The fourth-order valence-electron chi connectivity index (χ4n) is 1.82. The summed E-state index contributed by atoms with van der Waals surface area (Å²) in [6.45, 7) is 2.92. The average Bonchev–Trinajstić information content (AvgIpc) is 2.91. The predicted molar refractivity (Wildman–Crippen MR) is 62.7 cm³/mol. The molecule has 0 aliphatic heterocycles. The first kappa shape index (κ1) is 11.7. The smallest absolute Gasteiger partial charge is 0.0924 e. The van der Waals surface area contributed by atoms with Gasteiger partial charge in [0.05, 0.1) is 24.1 Å². The van der Waals surface area contributed by atoms with Gasteiger partial charge in [-0.15, -0.1) is 5.10 Å². The van der Waals surface area contributed by atoms with Gasteiger partial charge in [0.2, 0.25) is 0 Å². The zero-order valence-electron chi connectivity index (χ0n) is 10.0. The highest BCUT2D eigenvalue weighted by atomic mass is 15.4. The Kier molecular flexibility index (Phi) is 3.50. The molecule has 3 N–H and O–H groups in total. The van der Waals surface area contributed by atoms with Gasteiger partial charge in [0.1, 0.15) is 0 Å². The van der Waals surface area contributed by atoms with E-state index in [-0.39, 0.29) is 6.04 Å². The molecule has 0 aromatic carbocycles. The van der Waals surface area contributed by atoms with Crippen molar-refractivity contribution in [1.82, 2.24) is 30.2 Å². The van der Waals surface area contributed by atoms with E-state index in [2.05, 4.69) is 27.8 Å². The zero-order valence-corrected chi connectivity index (χ0v) is 10.0. The van der Waals surface area contributed by atoms with Crippen LogP contribution in [0.15, 0.2) is 18.6 Å². The second kappa shape index (κ2) is 5.07. The molecule has 0 saturated heterocycles. The first-order valence-electron chi connectivity index (χ1n) is 5.59. The van der Waals surface area contributed by atoms with E-state index >= 15 is 0 Å². The number of nitrogens with zero attached hydrogens (tertiary/aromatic N) is 5. The number of nitrogens with two attached hydrogens (primary N) is 1. The summed E-state index contributed by atoms with van der Waals surface area (Å²) in [5, 5.41) is 12.1. The Morgan fingerprint density at radius 3 is 2.88 bits per heavy atom. The summed E-state index contributed by atoms with van der Waals surface area (Å²) >= 11 is 0. The van der Waals surface area contributed by atoms with Crippen LogP contribution in [0.4, 0.5) is 0 Å². The second-order valence-electron chi connectivity index (χ2n) is 3.93. The first-order valence-corrected chi connectivity index (χ1v) is 5.59. The molecule has 2 rings (SSSR count). The first-order chi connectivity index (χ1) is 8.26. The third kappa shape index (κ3) is 2.34. The molecule has 0 bridgehead atoms. The normalized spacial score (nSPS) is 12.9. The molecule has 0 saturated carbocycles. The van der Waals surface area contributed by atoms with E-state index in [9.17, 15) is 0 Å². The van der Waals surface area contributed by atoms with Crippen molar-refractivity contribution in [3.05, 3.63) is 29.8 Å². The maximum absolute atomic E-state index is 5.61. The Balaban J connectivity index is 2.31. The van der Waals surface area contributed by atoms with Gasteiger partial charge >= 0.3 is 0 Å². The lowest BCUT2D eigenvalue weighted by Gasteiger charge is -2.14. The summed E-state index contributed by atoms with van der Waals surface area (Å²) < 4.78 is 3.60. The predicted octanol–water partition coefficient (Wildman–Crippen LogP) is -0.0257. The van der Waals surface area contributed by atoms with E-state index in [1.807, 2.05) is 17.9 Å². The van der Waals surface area contributed by atoms with E-state index in [1.54, 1.807) is 17.1 Å². The van der Waals surface area contributed by atoms with Crippen LogP contribution in [0.3, 0.4) is 0 Å². The quantitative estimate of drug-likeness (QED) is 0.561. The average molecular weight is 235 g/mol. The summed E-state index contributed by atoms with van der Waals surface area (Å²) in [6, 6.07) is -0.134. The fourth-order valence-corrected chi connectivity index (χ4v) is 1.82. The molecule has 17 heavy (non-hydrogen) atoms. The van der Waals surface area contributed by atoms with Crippen molar-refractivity contribution in [2.45, 2.75) is 25.9 Å². The van der Waals surface area contributed by atoms with Crippen molar-refractivity contribution in [3.8, 4) is 0 Å². The molecule has 0 aliphatic carbocycles. The number of hydrogen-bond donors (Lipinski definition) is 2. The Labute approximate surface area is 99.6 Å². The van der Waals surface area contributed by atoms with Gasteiger partial charge in [-0.05, 0) is 6.42 Å². The topological polar surface area (TPSA) is 86.6 Å². The monoisotopic (exact) mass is 235 g/mol. The molecule has 1 unspecified atom stereocenters. The van der Waals surface area contributed by atoms with Crippen LogP contribution in [0.25, 0.3) is 0 Å². The SMILES string of the molecule is CCCn1nncc1C(NN)c1cnn(C)c1. The van der Waals surface area contributed by atoms with Crippen LogP contribution in [-0.2, 0) is 13.6 Å². The number of aromatic nitrogens is 5. The Bertz CT molecular complexity index is 472. The molecule has 0 spiro atoms. The highest BCUT2D eigenvalue weighted by Crippen LogP contribution is 2.19. The standard InChI is InChI=1S/C10H17N7/c1-3-4-17-9(6-12-15-17)10(14-11)8-5-13-16(2)7-8/h5-7,10,14H,3-4,11H2,1-2H3. The number of aryl methyl sites for hydroxylation is 2. The van der Waals surface area contributed by atoms with Crippen molar-refractivity contribution >= 4 is 0 Å². The summed E-state index contributed by atoms with van der Waals surface area (Å²) in [5.41, 5.74) is 4.72. The third-order valence-corrected chi connectivity index (χ3v) is 2.60.